The topological polar surface area (TPSA) is 9.23 Å². The largest absolute Gasteiger partial charge is 0.147 e. The molecule has 1 aromatic rings. The quantitative estimate of drug-likeness (QED) is 0.604. The molecular weight excluding hydrogens is 443 g/mol. The molecule has 0 heterocycles. The second-order valence-corrected chi connectivity index (χ2v) is 13.7. The molecule has 0 spiro atoms. The van der Waals surface area contributed by atoms with Gasteiger partial charge in [0.1, 0.15) is 0 Å². The van der Waals surface area contributed by atoms with Gasteiger partial charge in [-0.3, -0.25) is 0 Å². The van der Waals surface area contributed by atoms with Crippen molar-refractivity contribution in [2.24, 2.45) is 5.92 Å². The predicted octanol–water partition coefficient (Wildman–Crippen LogP) is 3.44. The van der Waals surface area contributed by atoms with Crippen molar-refractivity contribution < 1.29 is 21.1 Å². The molecule has 0 saturated heterocycles. The summed E-state index contributed by atoms with van der Waals surface area (Å²) in [5.41, 5.74) is 8.73. The Morgan fingerprint density at radius 2 is 1.37 bits per heavy atom. The van der Waals surface area contributed by atoms with E-state index in [4.69, 9.17) is 3.32 Å². The van der Waals surface area contributed by atoms with Crippen LogP contribution in [0.3, 0.4) is 0 Å². The maximum Gasteiger partial charge on any atom is -0.147 e. The third-order valence-corrected chi connectivity index (χ3v) is 14.1. The smallest absolute Gasteiger partial charge is 0.147 e. The fraction of sp³-hybridized carbons (Fsp3) is 0.476. The minimum atomic E-state index is -1.92. The van der Waals surface area contributed by atoms with E-state index in [2.05, 4.69) is 62.3 Å². The van der Waals surface area contributed by atoms with E-state index >= 15 is 0 Å². The van der Waals surface area contributed by atoms with Crippen molar-refractivity contribution in [1.29, 1.82) is 0 Å². The summed E-state index contributed by atoms with van der Waals surface area (Å²) in [6.07, 6.45) is 0. The first-order valence-corrected chi connectivity index (χ1v) is 13.5. The van der Waals surface area contributed by atoms with Gasteiger partial charge in [-0.15, -0.1) is 24.8 Å². The average Bonchev–Trinajstić information content (AvgIpc) is 2.75. The second kappa shape index (κ2) is 10.2. The molecule has 1 atom stereocenters. The summed E-state index contributed by atoms with van der Waals surface area (Å²) in [6, 6.07) is 0. The van der Waals surface area contributed by atoms with E-state index in [1.807, 2.05) is 0 Å². The minimum absolute atomic E-state index is 0. The zero-order valence-corrected chi connectivity index (χ0v) is 26.0. The molecule has 6 heteroatoms. The number of allylic oxidation sites excluding steroid dienone is 4. The molecule has 2 rings (SSSR count). The first kappa shape index (κ1) is 27.1. The first-order chi connectivity index (χ1) is 11.5. The van der Waals surface area contributed by atoms with E-state index in [-0.39, 0.29) is 24.8 Å². The normalized spacial score (nSPS) is 16.4. The van der Waals surface area contributed by atoms with Crippen molar-refractivity contribution in [3.05, 3.63) is 42.5 Å². The van der Waals surface area contributed by atoms with Gasteiger partial charge in [0.2, 0.25) is 0 Å². The van der Waals surface area contributed by atoms with Crippen molar-refractivity contribution >= 4 is 54.3 Å². The molecule has 27 heavy (non-hydrogen) atoms. The number of rotatable bonds is 3. The van der Waals surface area contributed by atoms with Gasteiger partial charge < -0.3 is 0 Å². The van der Waals surface area contributed by atoms with Crippen LogP contribution in [0.2, 0.25) is 0 Å². The Hall–Kier alpha value is 0.0981. The third kappa shape index (κ3) is 4.82. The van der Waals surface area contributed by atoms with E-state index < -0.39 is 17.8 Å². The van der Waals surface area contributed by atoms with Crippen molar-refractivity contribution in [2.45, 2.75) is 62.3 Å². The molecule has 0 amide bonds. The van der Waals surface area contributed by atoms with Crippen LogP contribution in [0, 0.1) is 33.6 Å². The van der Waals surface area contributed by atoms with Gasteiger partial charge in [-0.05, 0) is 0 Å². The van der Waals surface area contributed by atoms with Gasteiger partial charge in [0.25, 0.3) is 0 Å². The van der Waals surface area contributed by atoms with Crippen LogP contribution in [-0.2, 0) is 17.8 Å². The minimum Gasteiger partial charge on any atom is -0.147 e. The zero-order valence-electron chi connectivity index (χ0n) is 18.8. The molecule has 0 aromatic heterocycles. The molecule has 0 saturated carbocycles. The first-order valence-electron chi connectivity index (χ1n) is 9.31. The van der Waals surface area contributed by atoms with E-state index in [1.54, 1.807) is 20.2 Å². The Morgan fingerprint density at radius 3 is 1.78 bits per heavy atom. The van der Waals surface area contributed by atoms with Gasteiger partial charge in [-0.2, -0.15) is 0 Å². The summed E-state index contributed by atoms with van der Waals surface area (Å²) < 4.78 is 10.2. The fourth-order valence-electron chi connectivity index (χ4n) is 3.88. The van der Waals surface area contributed by atoms with Gasteiger partial charge in [-0.25, -0.2) is 0 Å². The molecule has 1 unspecified atom stereocenters. The van der Waals surface area contributed by atoms with Crippen molar-refractivity contribution in [1.82, 2.24) is 0 Å². The number of halogens is 2. The molecule has 0 fully saturated rings. The van der Waals surface area contributed by atoms with E-state index in [0.717, 1.165) is 20.5 Å². The number of benzene rings is 1. The van der Waals surface area contributed by atoms with Crippen LogP contribution in [0.4, 0.5) is 0 Å². The second-order valence-electron chi connectivity index (χ2n) is 7.95. The fourth-order valence-corrected chi connectivity index (χ4v) is 10.1. The standard InChI is InChI=1S/C10H16OSi.C8H13Si.C3H6.2ClH.Ti/c1-5-6(2)9(11)8(4)10(12)7(5)3;1-5-4-8(9)7(3)6(5)2;1-3-2;;;/h11H,1-4,12H3;5H,1-3,9H3;1-2H3;2*1H;/q;;;;;+1/p-1. The molecule has 0 radical (unpaired) electrons. The van der Waals surface area contributed by atoms with Gasteiger partial charge in [0.15, 0.2) is 0 Å². The summed E-state index contributed by atoms with van der Waals surface area (Å²) in [4.78, 5) is 0. The van der Waals surface area contributed by atoms with Crippen LogP contribution in [0.15, 0.2) is 20.2 Å². The molecule has 1 aromatic carbocycles. The van der Waals surface area contributed by atoms with E-state index in [9.17, 15) is 0 Å². The third-order valence-electron chi connectivity index (χ3n) is 6.47. The molecular formula is C21H36Cl2OSi2Ti. The molecule has 0 bridgehead atoms. The van der Waals surface area contributed by atoms with Crippen LogP contribution in [0.1, 0.15) is 56.9 Å². The van der Waals surface area contributed by atoms with Crippen LogP contribution in [0.5, 0.6) is 5.75 Å². The zero-order chi connectivity index (χ0) is 19.2. The van der Waals surface area contributed by atoms with Gasteiger partial charge in [0, 0.05) is 0 Å². The van der Waals surface area contributed by atoms with Gasteiger partial charge >= 0.3 is 167 Å². The van der Waals surface area contributed by atoms with Crippen LogP contribution >= 0.6 is 24.8 Å². The maximum absolute atomic E-state index is 6.97. The van der Waals surface area contributed by atoms with Crippen LogP contribution < -0.4 is 8.51 Å². The van der Waals surface area contributed by atoms with Crippen molar-refractivity contribution in [2.75, 3.05) is 0 Å². The van der Waals surface area contributed by atoms with E-state index in [1.165, 1.54) is 37.0 Å². The molecule has 0 N–H and O–H groups in total. The van der Waals surface area contributed by atoms with Crippen molar-refractivity contribution in [3.63, 3.8) is 0 Å². The van der Waals surface area contributed by atoms with E-state index in [0.29, 0.717) is 5.92 Å². The molecule has 1 nitrogen and oxygen atoms in total. The Kier molecular flexibility index (Phi) is 10.3. The van der Waals surface area contributed by atoms with Crippen LogP contribution in [-0.4, -0.2) is 24.3 Å². The summed E-state index contributed by atoms with van der Waals surface area (Å²) in [5.74, 6) is 1.76. The Morgan fingerprint density at radius 1 is 0.852 bits per heavy atom. The molecule has 1 aliphatic carbocycles. The van der Waals surface area contributed by atoms with Crippen LogP contribution in [0.25, 0.3) is 0 Å². The Bertz CT molecular complexity index is 821. The van der Waals surface area contributed by atoms with Gasteiger partial charge in [-0.1, -0.05) is 0 Å². The summed E-state index contributed by atoms with van der Waals surface area (Å²) >= 11 is -1.92. The SMILES string of the molecule is CC1=C(C)C(C)[C]([Ti]([O]c2c(C)c(C)c(C)c([SiH3])c2C)=[C](C)C)=C1[SiH3].Cl.Cl. The molecule has 0 aliphatic heterocycles. The number of hydrogen-bond acceptors (Lipinski definition) is 1. The Labute approximate surface area is 190 Å². The molecule has 1 aliphatic rings. The summed E-state index contributed by atoms with van der Waals surface area (Å²) in [6.45, 7) is 20.6. The van der Waals surface area contributed by atoms with Crippen molar-refractivity contribution in [3.8, 4) is 5.75 Å². The average molecular weight is 479 g/mol. The predicted molar refractivity (Wildman–Crippen MR) is 131 cm³/mol. The molecule has 152 valence electrons. The Balaban J connectivity index is 0.00000338. The number of hydrogen-bond donors (Lipinski definition) is 0. The monoisotopic (exact) mass is 478 g/mol. The summed E-state index contributed by atoms with van der Waals surface area (Å²) in [5, 5.41) is 3.15. The summed E-state index contributed by atoms with van der Waals surface area (Å²) in [7, 11) is 2.21. The maximum atomic E-state index is 6.97. The van der Waals surface area contributed by atoms with Gasteiger partial charge in [0.05, 0.1) is 0 Å².